The summed E-state index contributed by atoms with van der Waals surface area (Å²) in [5, 5.41) is 15.3. The molecule has 0 unspecified atom stereocenters. The van der Waals surface area contributed by atoms with Gasteiger partial charge in [0.05, 0.1) is 6.42 Å². The minimum atomic E-state index is -0.231. The van der Waals surface area contributed by atoms with Crippen molar-refractivity contribution < 1.29 is 9.32 Å². The maximum atomic E-state index is 11.8. The first-order valence-electron chi connectivity index (χ1n) is 5.41. The fourth-order valence-electron chi connectivity index (χ4n) is 1.56. The van der Waals surface area contributed by atoms with E-state index in [0.717, 1.165) is 0 Å². The van der Waals surface area contributed by atoms with Crippen molar-refractivity contribution in [2.45, 2.75) is 13.3 Å². The van der Waals surface area contributed by atoms with Gasteiger partial charge in [-0.2, -0.15) is 5.26 Å². The number of aryl methyl sites for hydroxylation is 1. The highest BCUT2D eigenvalue weighted by Crippen LogP contribution is 2.13. The number of hydrogen-bond donors (Lipinski definition) is 1. The van der Waals surface area contributed by atoms with Gasteiger partial charge in [0.15, 0.2) is 5.76 Å². The van der Waals surface area contributed by atoms with Crippen LogP contribution in [-0.4, -0.2) is 11.1 Å². The van der Waals surface area contributed by atoms with Crippen LogP contribution in [0.25, 0.3) is 0 Å². The van der Waals surface area contributed by atoms with Crippen LogP contribution < -0.4 is 5.32 Å². The molecule has 90 valence electrons. The first-order valence-corrected chi connectivity index (χ1v) is 5.41. The van der Waals surface area contributed by atoms with Crippen LogP contribution in [0.4, 0.5) is 5.69 Å². The number of nitriles is 1. The van der Waals surface area contributed by atoms with Crippen molar-refractivity contribution in [3.05, 3.63) is 47.3 Å². The quantitative estimate of drug-likeness (QED) is 0.891. The van der Waals surface area contributed by atoms with Crippen molar-refractivity contribution in [1.29, 1.82) is 5.26 Å². The minimum Gasteiger partial charge on any atom is -0.360 e. The van der Waals surface area contributed by atoms with Gasteiger partial charge in [-0.15, -0.1) is 0 Å². The van der Waals surface area contributed by atoms with E-state index < -0.39 is 0 Å². The molecule has 0 aliphatic carbocycles. The third kappa shape index (κ3) is 2.55. The lowest BCUT2D eigenvalue weighted by Crippen LogP contribution is -2.15. The van der Waals surface area contributed by atoms with Gasteiger partial charge in [-0.05, 0) is 19.1 Å². The predicted octanol–water partition coefficient (Wildman–Crippen LogP) is 2.04. The van der Waals surface area contributed by atoms with Crippen LogP contribution in [0, 0.1) is 18.3 Å². The number of hydrogen-bond acceptors (Lipinski definition) is 4. The Hall–Kier alpha value is -2.61. The molecule has 0 aliphatic heterocycles. The first-order chi connectivity index (χ1) is 8.70. The van der Waals surface area contributed by atoms with E-state index in [1.165, 1.54) is 0 Å². The maximum absolute atomic E-state index is 11.8. The Balaban J connectivity index is 2.06. The largest absolute Gasteiger partial charge is 0.360 e. The molecule has 1 heterocycles. The van der Waals surface area contributed by atoms with Gasteiger partial charge < -0.3 is 9.84 Å². The Labute approximate surface area is 104 Å². The normalized spacial score (nSPS) is 9.78. The van der Waals surface area contributed by atoms with Gasteiger partial charge in [0.1, 0.15) is 17.3 Å². The molecule has 1 aromatic carbocycles. The van der Waals surface area contributed by atoms with Crippen molar-refractivity contribution in [1.82, 2.24) is 5.16 Å². The summed E-state index contributed by atoms with van der Waals surface area (Å²) in [7, 11) is 0. The number of carbonyl (C=O) groups is 1. The highest BCUT2D eigenvalue weighted by atomic mass is 16.5. The lowest BCUT2D eigenvalue weighted by molar-refractivity contribution is -0.115. The third-order valence-electron chi connectivity index (χ3n) is 2.43. The molecule has 0 fully saturated rings. The van der Waals surface area contributed by atoms with E-state index in [-0.39, 0.29) is 12.3 Å². The second-order valence-electron chi connectivity index (χ2n) is 3.76. The topological polar surface area (TPSA) is 78.9 Å². The number of carbonyl (C=O) groups excluding carboxylic acids is 1. The minimum absolute atomic E-state index is 0.0229. The van der Waals surface area contributed by atoms with E-state index in [0.29, 0.717) is 22.7 Å². The van der Waals surface area contributed by atoms with Crippen molar-refractivity contribution in [3.63, 3.8) is 0 Å². The molecule has 0 saturated carbocycles. The molecular weight excluding hydrogens is 230 g/mol. The van der Waals surface area contributed by atoms with Crippen LogP contribution >= 0.6 is 0 Å². The van der Waals surface area contributed by atoms with E-state index in [4.69, 9.17) is 9.78 Å². The fraction of sp³-hybridized carbons (Fsp3) is 0.154. The summed E-state index contributed by atoms with van der Waals surface area (Å²) >= 11 is 0. The van der Waals surface area contributed by atoms with E-state index >= 15 is 0 Å². The van der Waals surface area contributed by atoms with Crippen LogP contribution in [-0.2, 0) is 11.2 Å². The summed E-state index contributed by atoms with van der Waals surface area (Å²) in [6.45, 7) is 1.64. The van der Waals surface area contributed by atoms with Gasteiger partial charge in [-0.25, -0.2) is 0 Å². The lowest BCUT2D eigenvalue weighted by Gasteiger charge is -2.02. The second kappa shape index (κ2) is 5.15. The molecule has 1 aromatic heterocycles. The molecule has 0 radical (unpaired) electrons. The molecule has 0 saturated heterocycles. The Morgan fingerprint density at radius 3 is 2.83 bits per heavy atom. The summed E-state index contributed by atoms with van der Waals surface area (Å²) in [5.74, 6) is 0.200. The number of nitrogens with zero attached hydrogens (tertiary/aromatic N) is 2. The Morgan fingerprint density at radius 1 is 1.44 bits per heavy atom. The SMILES string of the molecule is Cc1onc(CC(=O)Nc2ccccc2)c1C#N. The second-order valence-corrected chi connectivity index (χ2v) is 3.76. The molecule has 0 spiro atoms. The number of anilines is 1. The van der Waals surface area contributed by atoms with Crippen molar-refractivity contribution in [2.24, 2.45) is 0 Å². The smallest absolute Gasteiger partial charge is 0.230 e. The summed E-state index contributed by atoms with van der Waals surface area (Å²) < 4.78 is 4.89. The average Bonchev–Trinajstić information content (AvgIpc) is 2.71. The molecular formula is C13H11N3O2. The number of para-hydroxylation sites is 1. The van der Waals surface area contributed by atoms with Crippen molar-refractivity contribution in [2.75, 3.05) is 5.32 Å². The molecule has 2 aromatic rings. The van der Waals surface area contributed by atoms with Gasteiger partial charge in [0, 0.05) is 5.69 Å². The highest BCUT2D eigenvalue weighted by molar-refractivity contribution is 5.92. The van der Waals surface area contributed by atoms with Crippen molar-refractivity contribution >= 4 is 11.6 Å². The van der Waals surface area contributed by atoms with Crippen LogP contribution in [0.3, 0.4) is 0 Å². The third-order valence-corrected chi connectivity index (χ3v) is 2.43. The number of aromatic nitrogens is 1. The number of benzene rings is 1. The van der Waals surface area contributed by atoms with E-state index in [1.54, 1.807) is 19.1 Å². The van der Waals surface area contributed by atoms with Crippen molar-refractivity contribution in [3.8, 4) is 6.07 Å². The molecule has 18 heavy (non-hydrogen) atoms. The Morgan fingerprint density at radius 2 is 2.17 bits per heavy atom. The molecule has 0 atom stereocenters. The van der Waals surface area contributed by atoms with Gasteiger partial charge in [-0.1, -0.05) is 23.4 Å². The van der Waals surface area contributed by atoms with E-state index in [9.17, 15) is 4.79 Å². The summed E-state index contributed by atoms with van der Waals surface area (Å²) in [4.78, 5) is 11.8. The summed E-state index contributed by atoms with van der Waals surface area (Å²) in [5.41, 5.74) is 1.41. The van der Waals surface area contributed by atoms with Gasteiger partial charge in [0.25, 0.3) is 0 Å². The lowest BCUT2D eigenvalue weighted by atomic mass is 10.1. The van der Waals surface area contributed by atoms with Gasteiger partial charge in [-0.3, -0.25) is 4.79 Å². The highest BCUT2D eigenvalue weighted by Gasteiger charge is 2.15. The number of nitrogens with one attached hydrogen (secondary N) is 1. The average molecular weight is 241 g/mol. The molecule has 2 rings (SSSR count). The zero-order valence-electron chi connectivity index (χ0n) is 9.80. The number of rotatable bonds is 3. The zero-order chi connectivity index (χ0) is 13.0. The standard InChI is InChI=1S/C13H11N3O2/c1-9-11(8-14)12(16-18-9)7-13(17)15-10-5-3-2-4-6-10/h2-6H,7H2,1H3,(H,15,17). The Bertz CT molecular complexity index is 596. The monoisotopic (exact) mass is 241 g/mol. The molecule has 0 bridgehead atoms. The number of amides is 1. The predicted molar refractivity (Wildman–Crippen MR) is 64.7 cm³/mol. The molecule has 1 N–H and O–H groups in total. The summed E-state index contributed by atoms with van der Waals surface area (Å²) in [6.07, 6.45) is 0.0229. The van der Waals surface area contributed by atoms with Crippen LogP contribution in [0.15, 0.2) is 34.9 Å². The Kier molecular flexibility index (Phi) is 3.39. The summed E-state index contributed by atoms with van der Waals surface area (Å²) in [6, 6.07) is 11.1. The maximum Gasteiger partial charge on any atom is 0.230 e. The van der Waals surface area contributed by atoms with Gasteiger partial charge in [0.2, 0.25) is 5.91 Å². The van der Waals surface area contributed by atoms with E-state index in [1.807, 2.05) is 24.3 Å². The molecule has 0 aliphatic rings. The van der Waals surface area contributed by atoms with Gasteiger partial charge >= 0.3 is 0 Å². The first kappa shape index (κ1) is 11.9. The molecule has 5 heteroatoms. The van der Waals surface area contributed by atoms with E-state index in [2.05, 4.69) is 10.5 Å². The molecule has 1 amide bonds. The molecule has 5 nitrogen and oxygen atoms in total. The zero-order valence-corrected chi connectivity index (χ0v) is 9.80. The fourth-order valence-corrected chi connectivity index (χ4v) is 1.56. The van der Waals surface area contributed by atoms with Crippen LogP contribution in [0.1, 0.15) is 17.0 Å². The van der Waals surface area contributed by atoms with Crippen LogP contribution in [0.2, 0.25) is 0 Å². The van der Waals surface area contributed by atoms with Crippen LogP contribution in [0.5, 0.6) is 0 Å².